The van der Waals surface area contributed by atoms with Crippen molar-refractivity contribution in [3.05, 3.63) is 52.4 Å². The predicted molar refractivity (Wildman–Crippen MR) is 105 cm³/mol. The number of carbonyl (C=O) groups excluding carboxylic acids is 3. The predicted octanol–water partition coefficient (Wildman–Crippen LogP) is 2.05. The number of carbonyl (C=O) groups is 3. The van der Waals surface area contributed by atoms with Gasteiger partial charge in [-0.3, -0.25) is 9.59 Å². The zero-order valence-corrected chi connectivity index (χ0v) is 16.6. The second-order valence-electron chi connectivity index (χ2n) is 7.24. The molecule has 1 amide bonds. The Labute approximate surface area is 169 Å². The van der Waals surface area contributed by atoms with Crippen LogP contribution in [0.2, 0.25) is 0 Å². The van der Waals surface area contributed by atoms with Crippen LogP contribution < -0.4 is 10.1 Å². The molecule has 2 aliphatic heterocycles. The number of piperazine rings is 1. The number of hydrogen-bond donors (Lipinski definition) is 1. The molecule has 29 heavy (non-hydrogen) atoms. The van der Waals surface area contributed by atoms with E-state index in [-0.39, 0.29) is 17.3 Å². The molecule has 1 atom stereocenters. The van der Waals surface area contributed by atoms with Crippen molar-refractivity contribution in [2.24, 2.45) is 0 Å². The van der Waals surface area contributed by atoms with E-state index in [2.05, 4.69) is 5.32 Å². The second-order valence-corrected chi connectivity index (χ2v) is 7.24. The zero-order valence-electron chi connectivity index (χ0n) is 16.6. The van der Waals surface area contributed by atoms with E-state index in [1.54, 1.807) is 0 Å². The highest BCUT2D eigenvalue weighted by Gasteiger charge is 2.45. The molecule has 1 aliphatic carbocycles. The van der Waals surface area contributed by atoms with E-state index >= 15 is 0 Å². The summed E-state index contributed by atoms with van der Waals surface area (Å²) in [4.78, 5) is 40.6. The molecule has 7 nitrogen and oxygen atoms in total. The minimum atomic E-state index is -0.652. The van der Waals surface area contributed by atoms with Gasteiger partial charge in [0.15, 0.2) is 5.78 Å². The number of ether oxygens (including phenoxy) is 2. The number of nitrogens with one attached hydrogen (secondary N) is 1. The van der Waals surface area contributed by atoms with E-state index in [4.69, 9.17) is 9.47 Å². The molecule has 1 aromatic rings. The van der Waals surface area contributed by atoms with Crippen molar-refractivity contribution < 1.29 is 23.9 Å². The van der Waals surface area contributed by atoms with Crippen molar-refractivity contribution in [3.8, 4) is 5.75 Å². The van der Waals surface area contributed by atoms with Crippen molar-refractivity contribution in [1.82, 2.24) is 10.2 Å². The number of allylic oxidation sites excluding steroid dienone is 2. The first-order valence-corrected chi connectivity index (χ1v) is 9.94. The lowest BCUT2D eigenvalue weighted by Gasteiger charge is -2.43. The second kappa shape index (κ2) is 7.73. The van der Waals surface area contributed by atoms with Crippen molar-refractivity contribution in [1.29, 1.82) is 0 Å². The fourth-order valence-corrected chi connectivity index (χ4v) is 4.48. The average molecular weight is 396 g/mol. The summed E-state index contributed by atoms with van der Waals surface area (Å²) in [5, 5.41) is 2.82. The molecule has 2 heterocycles. The normalized spacial score (nSPS) is 21.4. The first kappa shape index (κ1) is 19.2. The van der Waals surface area contributed by atoms with Crippen molar-refractivity contribution in [2.45, 2.75) is 32.1 Å². The number of rotatable bonds is 4. The van der Waals surface area contributed by atoms with Gasteiger partial charge < -0.3 is 19.7 Å². The van der Waals surface area contributed by atoms with Crippen LogP contribution in [0, 0.1) is 0 Å². The Balaban J connectivity index is 1.97. The lowest BCUT2D eigenvalue weighted by Crippen LogP contribution is -2.50. The number of esters is 1. The van der Waals surface area contributed by atoms with Crippen LogP contribution in [0.1, 0.15) is 37.7 Å². The summed E-state index contributed by atoms with van der Waals surface area (Å²) in [5.41, 5.74) is 2.70. The molecular weight excluding hydrogens is 372 g/mol. The van der Waals surface area contributed by atoms with Crippen LogP contribution >= 0.6 is 0 Å². The Bertz CT molecular complexity index is 946. The van der Waals surface area contributed by atoms with Gasteiger partial charge in [-0.05, 0) is 37.5 Å². The molecule has 3 aliphatic rings. The van der Waals surface area contributed by atoms with Crippen LogP contribution in [0.15, 0.2) is 46.8 Å². The van der Waals surface area contributed by atoms with Gasteiger partial charge in [-0.1, -0.05) is 12.1 Å². The molecule has 0 bridgehead atoms. The third-order valence-electron chi connectivity index (χ3n) is 5.60. The van der Waals surface area contributed by atoms with E-state index in [1.165, 1.54) is 7.11 Å². The molecule has 1 fully saturated rings. The Morgan fingerprint density at radius 3 is 2.86 bits per heavy atom. The number of hydrogen-bond acceptors (Lipinski definition) is 6. The van der Waals surface area contributed by atoms with E-state index in [9.17, 15) is 14.4 Å². The number of methoxy groups -OCH3 is 1. The Morgan fingerprint density at radius 1 is 1.28 bits per heavy atom. The SMILES string of the molecule is CCOc1cccc([C@@H]2C3=C(CCCC3=O)N3CCNC(=O)C3=C2C(=O)OC)c1. The fraction of sp³-hybridized carbons (Fsp3) is 0.409. The van der Waals surface area contributed by atoms with Crippen LogP contribution in [-0.4, -0.2) is 49.4 Å². The maximum Gasteiger partial charge on any atom is 0.337 e. The van der Waals surface area contributed by atoms with Crippen LogP contribution in [0.5, 0.6) is 5.75 Å². The van der Waals surface area contributed by atoms with Gasteiger partial charge in [0.25, 0.3) is 5.91 Å². The zero-order chi connectivity index (χ0) is 20.5. The largest absolute Gasteiger partial charge is 0.494 e. The number of amides is 1. The molecular formula is C22H24N2O5. The first-order chi connectivity index (χ1) is 14.1. The number of Topliss-reactive ketones (excluding diaryl/α,β-unsaturated/α-hetero) is 1. The molecule has 152 valence electrons. The molecule has 0 unspecified atom stereocenters. The number of ketones is 1. The van der Waals surface area contributed by atoms with Crippen LogP contribution in [0.3, 0.4) is 0 Å². The first-order valence-electron chi connectivity index (χ1n) is 9.94. The number of nitrogens with zero attached hydrogens (tertiary/aromatic N) is 1. The molecule has 4 rings (SSSR count). The summed E-state index contributed by atoms with van der Waals surface area (Å²) in [7, 11) is 1.29. The highest BCUT2D eigenvalue weighted by molar-refractivity contribution is 6.09. The van der Waals surface area contributed by atoms with E-state index < -0.39 is 11.9 Å². The summed E-state index contributed by atoms with van der Waals surface area (Å²) >= 11 is 0. The van der Waals surface area contributed by atoms with Crippen LogP contribution in [0.4, 0.5) is 0 Å². The molecule has 1 N–H and O–H groups in total. The number of benzene rings is 1. The third kappa shape index (κ3) is 3.20. The van der Waals surface area contributed by atoms with Crippen LogP contribution in [-0.2, 0) is 19.1 Å². The standard InChI is InChI=1S/C22H24N2O5/c1-3-29-14-7-4-6-13(12-14)17-18-15(8-5-9-16(18)25)24-11-10-23-21(26)20(24)19(17)22(27)28-2/h4,6-7,12,17H,3,5,8-11H2,1-2H3,(H,23,26)/t17-/m1/s1. The fourth-order valence-electron chi connectivity index (χ4n) is 4.48. The third-order valence-corrected chi connectivity index (χ3v) is 5.60. The van der Waals surface area contributed by atoms with Crippen molar-refractivity contribution >= 4 is 17.7 Å². The number of fused-ring (bicyclic) bond motifs is 2. The van der Waals surface area contributed by atoms with Crippen molar-refractivity contribution in [3.63, 3.8) is 0 Å². The maximum absolute atomic E-state index is 13.0. The van der Waals surface area contributed by atoms with Gasteiger partial charge in [0.1, 0.15) is 11.4 Å². The van der Waals surface area contributed by atoms with E-state index in [0.717, 1.165) is 17.7 Å². The summed E-state index contributed by atoms with van der Waals surface area (Å²) in [6.45, 7) is 3.39. The Kier molecular flexibility index (Phi) is 5.13. The van der Waals surface area contributed by atoms with E-state index in [1.807, 2.05) is 36.1 Å². The molecule has 1 aromatic carbocycles. The molecule has 0 saturated carbocycles. The van der Waals surface area contributed by atoms with Crippen LogP contribution in [0.25, 0.3) is 0 Å². The quantitative estimate of drug-likeness (QED) is 0.784. The van der Waals surface area contributed by atoms with Gasteiger partial charge in [0, 0.05) is 36.7 Å². The molecule has 7 heteroatoms. The van der Waals surface area contributed by atoms with Gasteiger partial charge in [0.2, 0.25) is 0 Å². The topological polar surface area (TPSA) is 84.9 Å². The summed E-state index contributed by atoms with van der Waals surface area (Å²) in [5.74, 6) is -0.892. The van der Waals surface area contributed by atoms with Gasteiger partial charge in [-0.15, -0.1) is 0 Å². The molecule has 0 spiro atoms. The summed E-state index contributed by atoms with van der Waals surface area (Å²) in [6.07, 6.45) is 1.88. The lowest BCUT2D eigenvalue weighted by atomic mass is 9.74. The minimum Gasteiger partial charge on any atom is -0.494 e. The van der Waals surface area contributed by atoms with Crippen molar-refractivity contribution in [2.75, 3.05) is 26.8 Å². The average Bonchev–Trinajstić information content (AvgIpc) is 2.73. The molecule has 0 aromatic heterocycles. The summed E-state index contributed by atoms with van der Waals surface area (Å²) in [6, 6.07) is 7.36. The van der Waals surface area contributed by atoms with Gasteiger partial charge >= 0.3 is 5.97 Å². The Morgan fingerprint density at radius 2 is 2.10 bits per heavy atom. The molecule has 0 radical (unpaired) electrons. The van der Waals surface area contributed by atoms with Gasteiger partial charge in [-0.2, -0.15) is 0 Å². The highest BCUT2D eigenvalue weighted by atomic mass is 16.5. The summed E-state index contributed by atoms with van der Waals surface area (Å²) < 4.78 is 10.7. The molecule has 1 saturated heterocycles. The smallest absolute Gasteiger partial charge is 0.337 e. The van der Waals surface area contributed by atoms with Gasteiger partial charge in [-0.25, -0.2) is 4.79 Å². The Hall–Kier alpha value is -3.09. The highest BCUT2D eigenvalue weighted by Crippen LogP contribution is 2.47. The monoisotopic (exact) mass is 396 g/mol. The van der Waals surface area contributed by atoms with E-state index in [0.29, 0.717) is 49.6 Å². The minimum absolute atomic E-state index is 0.0181. The lowest BCUT2D eigenvalue weighted by molar-refractivity contribution is -0.137. The maximum atomic E-state index is 13.0. The van der Waals surface area contributed by atoms with Gasteiger partial charge in [0.05, 0.1) is 19.3 Å².